The number of nitrogens with zero attached hydrogens (tertiary/aromatic N) is 1. The molecule has 5 heteroatoms. The van der Waals surface area contributed by atoms with Gasteiger partial charge in [0.15, 0.2) is 5.78 Å². The number of aromatic nitrogens is 1. The van der Waals surface area contributed by atoms with Crippen molar-refractivity contribution in [2.24, 2.45) is 0 Å². The zero-order valence-corrected chi connectivity index (χ0v) is 14.2. The van der Waals surface area contributed by atoms with E-state index in [4.69, 9.17) is 16.3 Å². The van der Waals surface area contributed by atoms with Crippen molar-refractivity contribution in [1.29, 1.82) is 0 Å². The molecule has 24 heavy (non-hydrogen) atoms. The van der Waals surface area contributed by atoms with Crippen molar-refractivity contribution >= 4 is 34.0 Å². The van der Waals surface area contributed by atoms with E-state index in [0.29, 0.717) is 17.3 Å². The first-order valence-corrected chi connectivity index (χ1v) is 7.93. The first kappa shape index (κ1) is 16.3. The molecule has 1 aromatic heterocycles. The van der Waals surface area contributed by atoms with E-state index in [9.17, 15) is 4.79 Å². The number of carbonyl (C=O) groups excluding carboxylic acids is 1. The number of methoxy groups -OCH3 is 1. The number of fused-ring (bicyclic) bond motifs is 1. The van der Waals surface area contributed by atoms with Crippen LogP contribution in [-0.4, -0.2) is 17.9 Å². The summed E-state index contributed by atoms with van der Waals surface area (Å²) in [5, 5.41) is 4.69. The lowest BCUT2D eigenvalue weighted by Crippen LogP contribution is -2.05. The van der Waals surface area contributed by atoms with Crippen molar-refractivity contribution in [3.05, 3.63) is 64.8 Å². The Labute approximate surface area is 145 Å². The van der Waals surface area contributed by atoms with Gasteiger partial charge in [0.1, 0.15) is 10.9 Å². The summed E-state index contributed by atoms with van der Waals surface area (Å²) in [6.07, 6.45) is 0. The van der Waals surface area contributed by atoms with Gasteiger partial charge in [-0.1, -0.05) is 23.7 Å². The summed E-state index contributed by atoms with van der Waals surface area (Å²) in [7, 11) is 1.62. The number of Topliss-reactive ketones (excluding diaryl/α,β-unsaturated/α-hetero) is 1. The molecular formula is C19H17ClN2O2. The van der Waals surface area contributed by atoms with E-state index in [2.05, 4.69) is 10.3 Å². The smallest absolute Gasteiger partial charge is 0.161 e. The van der Waals surface area contributed by atoms with Crippen molar-refractivity contribution in [2.45, 2.75) is 13.5 Å². The van der Waals surface area contributed by atoms with Crippen LogP contribution in [0.1, 0.15) is 22.8 Å². The van der Waals surface area contributed by atoms with E-state index >= 15 is 0 Å². The van der Waals surface area contributed by atoms with Gasteiger partial charge in [-0.3, -0.25) is 4.79 Å². The first-order chi connectivity index (χ1) is 11.6. The topological polar surface area (TPSA) is 51.2 Å². The quantitative estimate of drug-likeness (QED) is 0.539. The van der Waals surface area contributed by atoms with E-state index in [1.165, 1.54) is 0 Å². The maximum atomic E-state index is 11.7. The van der Waals surface area contributed by atoms with Crippen LogP contribution in [0.2, 0.25) is 5.15 Å². The Morgan fingerprint density at radius 3 is 2.75 bits per heavy atom. The second-order valence-corrected chi connectivity index (χ2v) is 5.81. The van der Waals surface area contributed by atoms with Crippen molar-refractivity contribution in [3.63, 3.8) is 0 Å². The number of anilines is 1. The molecule has 3 rings (SSSR count). The van der Waals surface area contributed by atoms with Gasteiger partial charge in [-0.05, 0) is 37.3 Å². The standard InChI is InChI=1S/C19H17ClN2O2/c1-12(23)16-5-3-4-6-17(16)21-11-14-9-13-7-8-15(24-2)10-18(13)22-19(14)20/h3-10,21H,11H2,1-2H3. The second-order valence-electron chi connectivity index (χ2n) is 5.45. The number of carbonyl (C=O) groups is 1. The molecule has 0 atom stereocenters. The van der Waals surface area contributed by atoms with Crippen molar-refractivity contribution in [1.82, 2.24) is 4.98 Å². The lowest BCUT2D eigenvalue weighted by molar-refractivity contribution is 0.101. The van der Waals surface area contributed by atoms with Gasteiger partial charge in [0.25, 0.3) is 0 Å². The van der Waals surface area contributed by atoms with Gasteiger partial charge >= 0.3 is 0 Å². The third-order valence-electron chi connectivity index (χ3n) is 3.83. The minimum atomic E-state index is 0.0212. The highest BCUT2D eigenvalue weighted by molar-refractivity contribution is 6.30. The maximum Gasteiger partial charge on any atom is 0.161 e. The van der Waals surface area contributed by atoms with Crippen LogP contribution in [0.5, 0.6) is 5.75 Å². The molecule has 4 nitrogen and oxygen atoms in total. The highest BCUT2D eigenvalue weighted by Crippen LogP contribution is 2.25. The van der Waals surface area contributed by atoms with Gasteiger partial charge in [-0.2, -0.15) is 0 Å². The summed E-state index contributed by atoms with van der Waals surface area (Å²) < 4.78 is 5.21. The number of rotatable bonds is 5. The summed E-state index contributed by atoms with van der Waals surface area (Å²) in [6.45, 7) is 2.04. The van der Waals surface area contributed by atoms with Crippen LogP contribution < -0.4 is 10.1 Å². The fourth-order valence-corrected chi connectivity index (χ4v) is 2.77. The zero-order valence-electron chi connectivity index (χ0n) is 13.5. The van der Waals surface area contributed by atoms with Gasteiger partial charge in [-0.25, -0.2) is 4.98 Å². The Morgan fingerprint density at radius 1 is 1.21 bits per heavy atom. The lowest BCUT2D eigenvalue weighted by atomic mass is 10.1. The molecule has 1 heterocycles. The number of hydrogen-bond acceptors (Lipinski definition) is 4. The molecule has 0 aliphatic carbocycles. The molecule has 0 fully saturated rings. The second kappa shape index (κ2) is 6.89. The summed E-state index contributed by atoms with van der Waals surface area (Å²) in [4.78, 5) is 16.1. The van der Waals surface area contributed by atoms with Gasteiger partial charge in [0.2, 0.25) is 0 Å². The molecule has 1 N–H and O–H groups in total. The maximum absolute atomic E-state index is 11.7. The molecular weight excluding hydrogens is 324 g/mol. The van der Waals surface area contributed by atoms with Crippen LogP contribution in [0.15, 0.2) is 48.5 Å². The molecule has 0 saturated carbocycles. The van der Waals surface area contributed by atoms with Crippen molar-refractivity contribution in [2.75, 3.05) is 12.4 Å². The Kier molecular flexibility index (Phi) is 4.67. The molecule has 0 aliphatic heterocycles. The monoisotopic (exact) mass is 340 g/mol. The minimum Gasteiger partial charge on any atom is -0.497 e. The van der Waals surface area contributed by atoms with E-state index in [1.54, 1.807) is 20.1 Å². The predicted octanol–water partition coefficient (Wildman–Crippen LogP) is 4.71. The number of hydrogen-bond donors (Lipinski definition) is 1. The molecule has 0 aliphatic rings. The molecule has 2 aromatic carbocycles. The normalized spacial score (nSPS) is 10.6. The number of ether oxygens (including phenoxy) is 1. The number of halogens is 1. The van der Waals surface area contributed by atoms with Crippen LogP contribution in [0.4, 0.5) is 5.69 Å². The average Bonchev–Trinajstić information content (AvgIpc) is 2.59. The number of ketones is 1. The first-order valence-electron chi connectivity index (χ1n) is 7.55. The summed E-state index contributed by atoms with van der Waals surface area (Å²) >= 11 is 6.31. The average molecular weight is 341 g/mol. The Bertz CT molecular complexity index is 909. The van der Waals surface area contributed by atoms with Gasteiger partial charge in [-0.15, -0.1) is 0 Å². The van der Waals surface area contributed by atoms with E-state index in [0.717, 1.165) is 27.9 Å². The van der Waals surface area contributed by atoms with Crippen molar-refractivity contribution in [3.8, 4) is 5.75 Å². The predicted molar refractivity (Wildman–Crippen MR) is 97.1 cm³/mol. The van der Waals surface area contributed by atoms with Crippen molar-refractivity contribution < 1.29 is 9.53 Å². The van der Waals surface area contributed by atoms with Crippen LogP contribution >= 0.6 is 11.6 Å². The summed E-state index contributed by atoms with van der Waals surface area (Å²) in [5.74, 6) is 0.764. The SMILES string of the molecule is COc1ccc2cc(CNc3ccccc3C(C)=O)c(Cl)nc2c1. The van der Waals surface area contributed by atoms with Crippen LogP contribution in [-0.2, 0) is 6.54 Å². The Hall–Kier alpha value is -2.59. The molecule has 0 spiro atoms. The van der Waals surface area contributed by atoms with Gasteiger partial charge in [0, 0.05) is 34.8 Å². The van der Waals surface area contributed by atoms with Crippen LogP contribution in [0.25, 0.3) is 10.9 Å². The molecule has 0 unspecified atom stereocenters. The Morgan fingerprint density at radius 2 is 2.00 bits per heavy atom. The Balaban J connectivity index is 1.88. The molecule has 0 saturated heterocycles. The fourth-order valence-electron chi connectivity index (χ4n) is 2.55. The van der Waals surface area contributed by atoms with Gasteiger partial charge in [0.05, 0.1) is 12.6 Å². The number of benzene rings is 2. The fraction of sp³-hybridized carbons (Fsp3) is 0.158. The van der Waals surface area contributed by atoms with Gasteiger partial charge < -0.3 is 10.1 Å². The number of pyridine rings is 1. The third-order valence-corrected chi connectivity index (χ3v) is 4.15. The zero-order chi connectivity index (χ0) is 17.1. The minimum absolute atomic E-state index is 0.0212. The highest BCUT2D eigenvalue weighted by atomic mass is 35.5. The molecule has 0 radical (unpaired) electrons. The van der Waals surface area contributed by atoms with Crippen LogP contribution in [0.3, 0.4) is 0 Å². The number of para-hydroxylation sites is 1. The highest BCUT2D eigenvalue weighted by Gasteiger charge is 2.09. The van der Waals surface area contributed by atoms with E-state index < -0.39 is 0 Å². The molecule has 0 amide bonds. The molecule has 122 valence electrons. The third kappa shape index (κ3) is 3.34. The summed E-state index contributed by atoms with van der Waals surface area (Å²) in [5.41, 5.74) is 3.10. The van der Waals surface area contributed by atoms with Crippen LogP contribution in [0, 0.1) is 0 Å². The largest absolute Gasteiger partial charge is 0.497 e. The van der Waals surface area contributed by atoms with E-state index in [-0.39, 0.29) is 5.78 Å². The molecule has 3 aromatic rings. The molecule has 0 bridgehead atoms. The summed E-state index contributed by atoms with van der Waals surface area (Å²) in [6, 6.07) is 15.1. The number of nitrogens with one attached hydrogen (secondary N) is 1. The lowest BCUT2D eigenvalue weighted by Gasteiger charge is -2.12. The van der Waals surface area contributed by atoms with E-state index in [1.807, 2.05) is 42.5 Å².